The molecule has 1 aromatic carbocycles. The Morgan fingerprint density at radius 3 is 2.62 bits per heavy atom. The van der Waals surface area contributed by atoms with Crippen molar-refractivity contribution < 1.29 is 4.79 Å². The van der Waals surface area contributed by atoms with Gasteiger partial charge in [-0.05, 0) is 31.0 Å². The second-order valence-electron chi connectivity index (χ2n) is 6.04. The van der Waals surface area contributed by atoms with Crippen molar-refractivity contribution in [1.29, 1.82) is 5.41 Å². The van der Waals surface area contributed by atoms with Gasteiger partial charge in [0.2, 0.25) is 5.91 Å². The predicted molar refractivity (Wildman–Crippen MR) is 93.8 cm³/mol. The molecule has 1 fully saturated rings. The maximum absolute atomic E-state index is 12.3. The minimum absolute atomic E-state index is 0.0699. The first-order chi connectivity index (χ1) is 11.6. The van der Waals surface area contributed by atoms with Crippen molar-refractivity contribution >= 4 is 17.3 Å². The van der Waals surface area contributed by atoms with Gasteiger partial charge in [0.1, 0.15) is 0 Å². The molecule has 5 N–H and O–H groups in total. The molecule has 2 aromatic rings. The molecule has 124 valence electrons. The fourth-order valence-corrected chi connectivity index (χ4v) is 3.11. The third-order valence-corrected chi connectivity index (χ3v) is 4.36. The maximum Gasteiger partial charge on any atom is 0.259 e. The number of hydrogen-bond donors (Lipinski definition) is 4. The molecule has 1 aromatic heterocycles. The summed E-state index contributed by atoms with van der Waals surface area (Å²) < 4.78 is 0. The molecule has 24 heavy (non-hydrogen) atoms. The van der Waals surface area contributed by atoms with E-state index in [2.05, 4.69) is 10.3 Å². The number of benzene rings is 1. The van der Waals surface area contributed by atoms with Crippen molar-refractivity contribution in [3.8, 4) is 0 Å². The number of aromatic amines is 1. The molecule has 1 heterocycles. The van der Waals surface area contributed by atoms with Crippen LogP contribution in [0, 0.1) is 5.41 Å². The number of pyridine rings is 1. The highest BCUT2D eigenvalue weighted by Gasteiger charge is 2.20. The molecule has 1 aliphatic rings. The highest BCUT2D eigenvalue weighted by Crippen LogP contribution is 2.24. The van der Waals surface area contributed by atoms with Gasteiger partial charge in [-0.1, -0.05) is 25.0 Å². The summed E-state index contributed by atoms with van der Waals surface area (Å²) >= 11 is 0. The summed E-state index contributed by atoms with van der Waals surface area (Å²) in [5.74, 6) is -0.559. The van der Waals surface area contributed by atoms with Gasteiger partial charge in [0.25, 0.3) is 5.56 Å². The minimum atomic E-state index is -0.559. The van der Waals surface area contributed by atoms with E-state index in [9.17, 15) is 9.59 Å². The molecular weight excluding hydrogens is 304 g/mol. The number of hydrogen-bond acceptors (Lipinski definition) is 4. The van der Waals surface area contributed by atoms with Gasteiger partial charge in [-0.2, -0.15) is 0 Å². The average Bonchev–Trinajstić information content (AvgIpc) is 3.07. The molecule has 0 atom stereocenters. The van der Waals surface area contributed by atoms with Crippen molar-refractivity contribution in [3.63, 3.8) is 0 Å². The molecule has 0 saturated heterocycles. The van der Waals surface area contributed by atoms with Crippen LogP contribution < -0.4 is 16.6 Å². The summed E-state index contributed by atoms with van der Waals surface area (Å²) in [5, 5.41) is 11.8. The summed E-state index contributed by atoms with van der Waals surface area (Å²) in [4.78, 5) is 26.3. The number of nitrogens with two attached hydrogens (primary N) is 1. The molecule has 1 aliphatic carbocycles. The van der Waals surface area contributed by atoms with Crippen molar-refractivity contribution in [2.45, 2.75) is 31.7 Å². The van der Waals surface area contributed by atoms with Gasteiger partial charge in [-0.3, -0.25) is 15.0 Å². The molecule has 6 heteroatoms. The zero-order valence-electron chi connectivity index (χ0n) is 13.3. The van der Waals surface area contributed by atoms with E-state index in [-0.39, 0.29) is 16.8 Å². The van der Waals surface area contributed by atoms with Crippen molar-refractivity contribution in [1.82, 2.24) is 4.98 Å². The second kappa shape index (κ2) is 6.70. The molecular formula is C18H20N4O2. The van der Waals surface area contributed by atoms with Crippen LogP contribution in [0.25, 0.3) is 0 Å². The van der Waals surface area contributed by atoms with Crippen LogP contribution in [-0.4, -0.2) is 22.6 Å². The third kappa shape index (κ3) is 3.22. The summed E-state index contributed by atoms with van der Waals surface area (Å²) in [6.45, 7) is 0. The van der Waals surface area contributed by atoms with Crippen LogP contribution in [0.1, 0.15) is 47.2 Å². The molecule has 0 aliphatic heterocycles. The number of anilines is 1. The molecule has 0 spiro atoms. The van der Waals surface area contributed by atoms with E-state index in [1.807, 2.05) is 0 Å². The van der Waals surface area contributed by atoms with Gasteiger partial charge in [0, 0.05) is 23.4 Å². The zero-order valence-corrected chi connectivity index (χ0v) is 13.3. The fraction of sp³-hybridized carbons (Fsp3) is 0.278. The molecule has 3 rings (SSSR count). The van der Waals surface area contributed by atoms with Crippen LogP contribution in [0.15, 0.2) is 41.3 Å². The van der Waals surface area contributed by atoms with E-state index in [4.69, 9.17) is 11.1 Å². The number of rotatable bonds is 5. The van der Waals surface area contributed by atoms with Gasteiger partial charge >= 0.3 is 0 Å². The maximum atomic E-state index is 12.3. The first kappa shape index (κ1) is 16.0. The summed E-state index contributed by atoms with van der Waals surface area (Å²) in [7, 11) is 0. The lowest BCUT2D eigenvalue weighted by Crippen LogP contribution is -2.24. The summed E-state index contributed by atoms with van der Waals surface area (Å²) in [6, 6.07) is 8.59. The zero-order chi connectivity index (χ0) is 17.1. The lowest BCUT2D eigenvalue weighted by molar-refractivity contribution is 0.100. The number of primary amides is 1. The Hall–Kier alpha value is -2.89. The minimum Gasteiger partial charge on any atom is -0.382 e. The fourth-order valence-electron chi connectivity index (χ4n) is 3.11. The predicted octanol–water partition coefficient (Wildman–Crippen LogP) is 2.24. The van der Waals surface area contributed by atoms with Gasteiger partial charge in [0.15, 0.2) is 0 Å². The smallest absolute Gasteiger partial charge is 0.259 e. The standard InChI is InChI=1S/C18H20N4O2/c19-16(11-4-3-5-12(10-11)17(20)23)15-14(8-9-21-18(15)24)22-13-6-1-2-7-13/h3-5,8-10,13,19H,1-2,6-7H2,(H2,20,23)(H2,21,22,24). The lowest BCUT2D eigenvalue weighted by Gasteiger charge is -2.17. The Morgan fingerprint density at radius 2 is 1.92 bits per heavy atom. The Balaban J connectivity index is 1.98. The lowest BCUT2D eigenvalue weighted by atomic mass is 9.99. The number of nitrogens with one attached hydrogen (secondary N) is 3. The normalized spacial score (nSPS) is 14.5. The number of amides is 1. The monoisotopic (exact) mass is 324 g/mol. The molecule has 6 nitrogen and oxygen atoms in total. The Morgan fingerprint density at radius 1 is 1.21 bits per heavy atom. The second-order valence-corrected chi connectivity index (χ2v) is 6.04. The van der Waals surface area contributed by atoms with E-state index in [0.29, 0.717) is 22.9 Å². The average molecular weight is 324 g/mol. The molecule has 1 amide bonds. The van der Waals surface area contributed by atoms with E-state index >= 15 is 0 Å². The van der Waals surface area contributed by atoms with Gasteiger partial charge in [-0.15, -0.1) is 0 Å². The Bertz CT molecular complexity index is 835. The number of carbonyl (C=O) groups is 1. The summed E-state index contributed by atoms with van der Waals surface area (Å²) in [5.41, 5.74) is 6.78. The van der Waals surface area contributed by atoms with Crippen LogP contribution >= 0.6 is 0 Å². The number of aromatic nitrogens is 1. The van der Waals surface area contributed by atoms with E-state index in [1.54, 1.807) is 30.5 Å². The number of carbonyl (C=O) groups excluding carboxylic acids is 1. The Labute approximate surface area is 139 Å². The summed E-state index contributed by atoms with van der Waals surface area (Å²) in [6.07, 6.45) is 6.06. The van der Waals surface area contributed by atoms with Crippen LogP contribution in [0.5, 0.6) is 0 Å². The molecule has 0 bridgehead atoms. The van der Waals surface area contributed by atoms with Gasteiger partial charge in [-0.25, -0.2) is 0 Å². The molecule has 0 radical (unpaired) electrons. The Kier molecular flexibility index (Phi) is 4.46. The SMILES string of the molecule is N=C(c1cccc(C(N)=O)c1)c1c(NC2CCCC2)cc[nH]c1=O. The van der Waals surface area contributed by atoms with Crippen LogP contribution in [0.4, 0.5) is 5.69 Å². The van der Waals surface area contributed by atoms with Gasteiger partial charge in [0.05, 0.1) is 17.0 Å². The molecule has 1 saturated carbocycles. The largest absolute Gasteiger partial charge is 0.382 e. The van der Waals surface area contributed by atoms with Crippen LogP contribution in [-0.2, 0) is 0 Å². The van der Waals surface area contributed by atoms with Crippen molar-refractivity contribution in [2.75, 3.05) is 5.32 Å². The molecule has 0 unspecified atom stereocenters. The highest BCUT2D eigenvalue weighted by atomic mass is 16.1. The first-order valence-corrected chi connectivity index (χ1v) is 8.03. The topological polar surface area (TPSA) is 112 Å². The van der Waals surface area contributed by atoms with Crippen molar-refractivity contribution in [2.24, 2.45) is 5.73 Å². The number of H-pyrrole nitrogens is 1. The quantitative estimate of drug-likeness (QED) is 0.633. The van der Waals surface area contributed by atoms with Gasteiger partial charge < -0.3 is 16.0 Å². The highest BCUT2D eigenvalue weighted by molar-refractivity contribution is 6.14. The first-order valence-electron chi connectivity index (χ1n) is 8.03. The van der Waals surface area contributed by atoms with E-state index < -0.39 is 5.91 Å². The van der Waals surface area contributed by atoms with E-state index in [0.717, 1.165) is 12.8 Å². The van der Waals surface area contributed by atoms with Crippen LogP contribution in [0.2, 0.25) is 0 Å². The van der Waals surface area contributed by atoms with E-state index in [1.165, 1.54) is 18.9 Å². The third-order valence-electron chi connectivity index (χ3n) is 4.36. The van der Waals surface area contributed by atoms with Crippen molar-refractivity contribution in [3.05, 3.63) is 63.6 Å². The van der Waals surface area contributed by atoms with Crippen LogP contribution in [0.3, 0.4) is 0 Å².